The molecule has 0 aromatic rings. The van der Waals surface area contributed by atoms with Gasteiger partial charge in [-0.1, -0.05) is 19.8 Å². The molecule has 2 aliphatic carbocycles. The van der Waals surface area contributed by atoms with E-state index in [1.54, 1.807) is 0 Å². The number of primary amides is 1. The monoisotopic (exact) mass is 196 g/mol. The van der Waals surface area contributed by atoms with E-state index in [-0.39, 0.29) is 11.4 Å². The van der Waals surface area contributed by atoms with Crippen molar-refractivity contribution in [3.8, 4) is 0 Å². The third-order valence-corrected chi connectivity index (χ3v) is 3.70. The van der Waals surface area contributed by atoms with Gasteiger partial charge in [-0.2, -0.15) is 0 Å². The number of carbonyl (C=O) groups is 1. The first-order valence-corrected chi connectivity index (χ1v) is 5.70. The van der Waals surface area contributed by atoms with Crippen LogP contribution >= 0.6 is 0 Å². The van der Waals surface area contributed by atoms with E-state index in [1.165, 1.54) is 25.7 Å². The topological polar surface area (TPSA) is 55.1 Å². The van der Waals surface area contributed by atoms with Crippen LogP contribution in [0.15, 0.2) is 0 Å². The van der Waals surface area contributed by atoms with Gasteiger partial charge in [0.15, 0.2) is 0 Å². The van der Waals surface area contributed by atoms with Gasteiger partial charge in [0.2, 0.25) is 5.91 Å². The van der Waals surface area contributed by atoms with Crippen LogP contribution in [-0.2, 0) is 4.79 Å². The number of carbonyl (C=O) groups excluding carboxylic acids is 1. The predicted octanol–water partition coefficient (Wildman–Crippen LogP) is 1.17. The molecule has 2 saturated carbocycles. The van der Waals surface area contributed by atoms with Gasteiger partial charge in [0, 0.05) is 6.04 Å². The first-order valence-electron chi connectivity index (χ1n) is 5.70. The van der Waals surface area contributed by atoms with E-state index in [9.17, 15) is 4.79 Å². The molecule has 0 bridgehead atoms. The molecule has 0 unspecified atom stereocenters. The molecule has 0 saturated heterocycles. The molecule has 0 heterocycles. The lowest BCUT2D eigenvalue weighted by atomic mass is 9.68. The highest BCUT2D eigenvalue weighted by atomic mass is 16.1. The van der Waals surface area contributed by atoms with Crippen molar-refractivity contribution in [1.82, 2.24) is 5.32 Å². The summed E-state index contributed by atoms with van der Waals surface area (Å²) in [6.45, 7) is 2.18. The lowest BCUT2D eigenvalue weighted by molar-refractivity contribution is -0.130. The van der Waals surface area contributed by atoms with Crippen LogP contribution in [0.5, 0.6) is 0 Å². The summed E-state index contributed by atoms with van der Waals surface area (Å²) in [5.74, 6) is 0.499. The molecule has 0 aliphatic heterocycles. The van der Waals surface area contributed by atoms with Crippen molar-refractivity contribution in [3.05, 3.63) is 0 Å². The Hall–Kier alpha value is -0.570. The van der Waals surface area contributed by atoms with Crippen LogP contribution in [0, 0.1) is 5.92 Å². The summed E-state index contributed by atoms with van der Waals surface area (Å²) in [6.07, 6.45) is 6.87. The fourth-order valence-electron chi connectivity index (χ4n) is 2.98. The molecule has 2 rings (SSSR count). The van der Waals surface area contributed by atoms with E-state index in [4.69, 9.17) is 5.73 Å². The molecule has 80 valence electrons. The minimum absolute atomic E-state index is 0.150. The quantitative estimate of drug-likeness (QED) is 0.712. The average Bonchev–Trinajstić information content (AvgIpc) is 2.53. The molecule has 2 aliphatic rings. The lowest BCUT2D eigenvalue weighted by Crippen LogP contribution is -2.64. The second-order valence-electron chi connectivity index (χ2n) is 5.09. The summed E-state index contributed by atoms with van der Waals surface area (Å²) in [4.78, 5) is 11.4. The summed E-state index contributed by atoms with van der Waals surface area (Å²) in [7, 11) is 0. The van der Waals surface area contributed by atoms with Gasteiger partial charge in [-0.3, -0.25) is 4.79 Å². The Morgan fingerprint density at radius 3 is 2.36 bits per heavy atom. The van der Waals surface area contributed by atoms with Gasteiger partial charge >= 0.3 is 0 Å². The van der Waals surface area contributed by atoms with E-state index in [0.717, 1.165) is 12.8 Å². The molecule has 0 aromatic carbocycles. The zero-order valence-corrected chi connectivity index (χ0v) is 8.88. The normalized spacial score (nSPS) is 38.2. The Labute approximate surface area is 85.4 Å². The molecular weight excluding hydrogens is 176 g/mol. The second kappa shape index (κ2) is 3.54. The van der Waals surface area contributed by atoms with Crippen molar-refractivity contribution in [2.24, 2.45) is 11.7 Å². The second-order valence-corrected chi connectivity index (χ2v) is 5.09. The molecule has 1 amide bonds. The SMILES string of the molecule is CC1CC(NC2CCCC2)(C(N)=O)C1. The summed E-state index contributed by atoms with van der Waals surface area (Å²) >= 11 is 0. The highest BCUT2D eigenvalue weighted by Crippen LogP contribution is 2.38. The maximum atomic E-state index is 11.4. The van der Waals surface area contributed by atoms with E-state index in [2.05, 4.69) is 12.2 Å². The summed E-state index contributed by atoms with van der Waals surface area (Å²) in [6, 6.07) is 0.537. The smallest absolute Gasteiger partial charge is 0.237 e. The van der Waals surface area contributed by atoms with Crippen molar-refractivity contribution in [2.45, 2.75) is 57.0 Å². The van der Waals surface area contributed by atoms with Crippen molar-refractivity contribution >= 4 is 5.91 Å². The Morgan fingerprint density at radius 2 is 1.93 bits per heavy atom. The molecule has 3 heteroatoms. The van der Waals surface area contributed by atoms with Gasteiger partial charge in [-0.15, -0.1) is 0 Å². The van der Waals surface area contributed by atoms with Gasteiger partial charge in [-0.25, -0.2) is 0 Å². The Morgan fingerprint density at radius 1 is 1.36 bits per heavy atom. The highest BCUT2D eigenvalue weighted by Gasteiger charge is 2.48. The fraction of sp³-hybridized carbons (Fsp3) is 0.909. The van der Waals surface area contributed by atoms with Gasteiger partial charge in [0.05, 0.1) is 5.54 Å². The van der Waals surface area contributed by atoms with Crippen molar-refractivity contribution in [1.29, 1.82) is 0 Å². The molecule has 2 fully saturated rings. The van der Waals surface area contributed by atoms with Gasteiger partial charge in [-0.05, 0) is 31.6 Å². The molecule has 0 spiro atoms. The molecule has 0 aromatic heterocycles. The van der Waals surface area contributed by atoms with Crippen LogP contribution in [0.4, 0.5) is 0 Å². The largest absolute Gasteiger partial charge is 0.368 e. The summed E-state index contributed by atoms with van der Waals surface area (Å²) in [5.41, 5.74) is 5.12. The molecule has 3 N–H and O–H groups in total. The minimum Gasteiger partial charge on any atom is -0.368 e. The number of nitrogens with two attached hydrogens (primary N) is 1. The maximum Gasteiger partial charge on any atom is 0.237 e. The number of amides is 1. The number of nitrogens with one attached hydrogen (secondary N) is 1. The fourth-order valence-corrected chi connectivity index (χ4v) is 2.98. The third-order valence-electron chi connectivity index (χ3n) is 3.70. The predicted molar refractivity (Wildman–Crippen MR) is 55.7 cm³/mol. The Kier molecular flexibility index (Phi) is 2.52. The van der Waals surface area contributed by atoms with Gasteiger partial charge < -0.3 is 11.1 Å². The summed E-state index contributed by atoms with van der Waals surface area (Å²) in [5, 5.41) is 3.48. The molecule has 14 heavy (non-hydrogen) atoms. The van der Waals surface area contributed by atoms with Gasteiger partial charge in [0.1, 0.15) is 0 Å². The standard InChI is InChI=1S/C11H20N2O/c1-8-6-11(7-8,10(12)14)13-9-4-2-3-5-9/h8-9,13H,2-7H2,1H3,(H2,12,14). The zero-order chi connectivity index (χ0) is 10.2. The summed E-state index contributed by atoms with van der Waals surface area (Å²) < 4.78 is 0. The van der Waals surface area contributed by atoms with Crippen LogP contribution in [0.25, 0.3) is 0 Å². The molecule has 3 nitrogen and oxygen atoms in total. The van der Waals surface area contributed by atoms with Crippen molar-refractivity contribution in [3.63, 3.8) is 0 Å². The van der Waals surface area contributed by atoms with E-state index in [1.807, 2.05) is 0 Å². The zero-order valence-electron chi connectivity index (χ0n) is 8.88. The van der Waals surface area contributed by atoms with E-state index < -0.39 is 0 Å². The van der Waals surface area contributed by atoms with Crippen LogP contribution in [-0.4, -0.2) is 17.5 Å². The number of hydrogen-bond donors (Lipinski definition) is 2. The van der Waals surface area contributed by atoms with Crippen LogP contribution in [0.3, 0.4) is 0 Å². The number of hydrogen-bond acceptors (Lipinski definition) is 2. The van der Waals surface area contributed by atoms with E-state index in [0.29, 0.717) is 12.0 Å². The van der Waals surface area contributed by atoms with Crippen LogP contribution in [0.1, 0.15) is 45.4 Å². The van der Waals surface area contributed by atoms with Crippen LogP contribution < -0.4 is 11.1 Å². The highest BCUT2D eigenvalue weighted by molar-refractivity contribution is 5.85. The third kappa shape index (κ3) is 1.65. The van der Waals surface area contributed by atoms with Gasteiger partial charge in [0.25, 0.3) is 0 Å². The van der Waals surface area contributed by atoms with E-state index >= 15 is 0 Å². The average molecular weight is 196 g/mol. The molecular formula is C11H20N2O. The van der Waals surface area contributed by atoms with Crippen LogP contribution in [0.2, 0.25) is 0 Å². The molecule has 0 radical (unpaired) electrons. The maximum absolute atomic E-state index is 11.4. The molecule has 0 atom stereocenters. The lowest BCUT2D eigenvalue weighted by Gasteiger charge is -2.46. The first kappa shape index (κ1) is 9.97. The first-order chi connectivity index (χ1) is 6.62. The Bertz CT molecular complexity index is 227. The minimum atomic E-state index is -0.353. The Balaban J connectivity index is 1.95. The van der Waals surface area contributed by atoms with Crippen molar-refractivity contribution < 1.29 is 4.79 Å². The van der Waals surface area contributed by atoms with Crippen molar-refractivity contribution in [2.75, 3.05) is 0 Å². The number of rotatable bonds is 3.